The average Bonchev–Trinajstić information content (AvgIpc) is 3.37. The number of ether oxygens (including phenoxy) is 2. The van der Waals surface area contributed by atoms with E-state index in [1.165, 1.54) is 0 Å². The molecule has 0 radical (unpaired) electrons. The molecule has 27 heavy (non-hydrogen) atoms. The maximum atomic E-state index is 12.7. The number of aromatic nitrogens is 2. The Morgan fingerprint density at radius 2 is 2.22 bits per heavy atom. The van der Waals surface area contributed by atoms with Gasteiger partial charge in [0.05, 0.1) is 24.4 Å². The van der Waals surface area contributed by atoms with Gasteiger partial charge in [-0.1, -0.05) is 0 Å². The van der Waals surface area contributed by atoms with Crippen LogP contribution in [-0.2, 0) is 9.53 Å². The molecule has 7 nitrogen and oxygen atoms in total. The summed E-state index contributed by atoms with van der Waals surface area (Å²) >= 11 is 0. The van der Waals surface area contributed by atoms with Crippen molar-refractivity contribution in [1.82, 2.24) is 15.3 Å². The van der Waals surface area contributed by atoms with E-state index in [0.717, 1.165) is 61.2 Å². The van der Waals surface area contributed by atoms with E-state index in [0.29, 0.717) is 12.5 Å². The molecule has 0 aliphatic carbocycles. The van der Waals surface area contributed by atoms with Crippen molar-refractivity contribution in [1.29, 1.82) is 0 Å². The maximum absolute atomic E-state index is 12.7. The summed E-state index contributed by atoms with van der Waals surface area (Å²) in [6.45, 7) is 4.14. The molecule has 0 bridgehead atoms. The third-order valence-corrected chi connectivity index (χ3v) is 5.42. The highest BCUT2D eigenvalue weighted by atomic mass is 16.5. The van der Waals surface area contributed by atoms with E-state index in [1.54, 1.807) is 7.11 Å². The number of anilines is 1. The van der Waals surface area contributed by atoms with Crippen LogP contribution >= 0.6 is 0 Å². The van der Waals surface area contributed by atoms with Crippen LogP contribution in [0.1, 0.15) is 31.4 Å². The standard InChI is InChI=1S/C20H26N4O3/c1-13-16-11-14(26-2)7-8-17(16)23-20(22-13)24-9-3-6-18(24)19(25)21-12-15-5-4-10-27-15/h7-8,11,15,18H,3-6,9-10,12H2,1-2H3,(H,21,25)/t15-,18+/m0/s1. The first-order chi connectivity index (χ1) is 13.2. The minimum absolute atomic E-state index is 0.0408. The average molecular weight is 370 g/mol. The minimum Gasteiger partial charge on any atom is -0.497 e. The smallest absolute Gasteiger partial charge is 0.242 e. The fraction of sp³-hybridized carbons (Fsp3) is 0.550. The lowest BCUT2D eigenvalue weighted by atomic mass is 10.2. The summed E-state index contributed by atoms with van der Waals surface area (Å²) in [5.74, 6) is 1.45. The second-order valence-electron chi connectivity index (χ2n) is 7.22. The molecule has 1 amide bonds. The minimum atomic E-state index is -0.221. The second kappa shape index (κ2) is 7.68. The van der Waals surface area contributed by atoms with E-state index in [-0.39, 0.29) is 18.1 Å². The van der Waals surface area contributed by atoms with Crippen molar-refractivity contribution < 1.29 is 14.3 Å². The van der Waals surface area contributed by atoms with Gasteiger partial charge < -0.3 is 19.7 Å². The highest BCUT2D eigenvalue weighted by Gasteiger charge is 2.33. The molecular formula is C20H26N4O3. The van der Waals surface area contributed by atoms with Gasteiger partial charge in [0, 0.05) is 25.1 Å². The first-order valence-corrected chi connectivity index (χ1v) is 9.64. The van der Waals surface area contributed by atoms with Crippen molar-refractivity contribution in [3.63, 3.8) is 0 Å². The molecule has 2 atom stereocenters. The van der Waals surface area contributed by atoms with Crippen LogP contribution in [0.5, 0.6) is 5.75 Å². The number of benzene rings is 1. The Kier molecular flexibility index (Phi) is 5.11. The van der Waals surface area contributed by atoms with Crippen LogP contribution in [0.2, 0.25) is 0 Å². The number of fused-ring (bicyclic) bond motifs is 1. The normalized spacial score (nSPS) is 22.4. The van der Waals surface area contributed by atoms with E-state index in [2.05, 4.69) is 10.3 Å². The van der Waals surface area contributed by atoms with Crippen LogP contribution in [-0.4, -0.2) is 54.8 Å². The summed E-state index contributed by atoms with van der Waals surface area (Å²) in [7, 11) is 1.65. The van der Waals surface area contributed by atoms with E-state index >= 15 is 0 Å². The van der Waals surface area contributed by atoms with Crippen molar-refractivity contribution >= 4 is 22.8 Å². The molecule has 144 valence electrons. The molecule has 0 saturated carbocycles. The van der Waals surface area contributed by atoms with Crippen LogP contribution in [0.15, 0.2) is 18.2 Å². The van der Waals surface area contributed by atoms with Crippen LogP contribution in [0, 0.1) is 6.92 Å². The molecule has 0 unspecified atom stereocenters. The van der Waals surface area contributed by atoms with Crippen LogP contribution in [0.4, 0.5) is 5.95 Å². The summed E-state index contributed by atoms with van der Waals surface area (Å²) in [6.07, 6.45) is 4.02. The van der Waals surface area contributed by atoms with E-state index in [9.17, 15) is 4.79 Å². The Labute approximate surface area is 159 Å². The van der Waals surface area contributed by atoms with Crippen molar-refractivity contribution in [3.05, 3.63) is 23.9 Å². The molecule has 2 aromatic rings. The third-order valence-electron chi connectivity index (χ3n) is 5.42. The molecule has 0 spiro atoms. The van der Waals surface area contributed by atoms with Crippen LogP contribution < -0.4 is 15.0 Å². The maximum Gasteiger partial charge on any atom is 0.242 e. The van der Waals surface area contributed by atoms with E-state index < -0.39 is 0 Å². The molecule has 3 heterocycles. The Bertz CT molecular complexity index is 835. The zero-order valence-electron chi connectivity index (χ0n) is 15.9. The van der Waals surface area contributed by atoms with Crippen LogP contribution in [0.25, 0.3) is 10.9 Å². The number of carbonyl (C=O) groups excluding carboxylic acids is 1. The summed E-state index contributed by atoms with van der Waals surface area (Å²) in [6, 6.07) is 5.56. The number of hydrogen-bond donors (Lipinski definition) is 1. The van der Waals surface area contributed by atoms with Gasteiger partial charge >= 0.3 is 0 Å². The summed E-state index contributed by atoms with van der Waals surface area (Å²) in [5, 5.41) is 4.02. The van der Waals surface area contributed by atoms with Gasteiger partial charge in [-0.05, 0) is 50.8 Å². The number of nitrogens with one attached hydrogen (secondary N) is 1. The predicted molar refractivity (Wildman–Crippen MR) is 103 cm³/mol. The molecule has 4 rings (SSSR count). The van der Waals surface area contributed by atoms with Gasteiger partial charge in [0.25, 0.3) is 0 Å². The van der Waals surface area contributed by atoms with E-state index in [1.807, 2.05) is 30.0 Å². The zero-order valence-corrected chi connectivity index (χ0v) is 15.9. The van der Waals surface area contributed by atoms with Gasteiger partial charge in [-0.2, -0.15) is 0 Å². The Morgan fingerprint density at radius 1 is 1.33 bits per heavy atom. The fourth-order valence-corrected chi connectivity index (χ4v) is 3.92. The fourth-order valence-electron chi connectivity index (χ4n) is 3.92. The Hall–Kier alpha value is -2.41. The van der Waals surface area contributed by atoms with Crippen LogP contribution in [0.3, 0.4) is 0 Å². The van der Waals surface area contributed by atoms with Crippen molar-refractivity contribution in [3.8, 4) is 5.75 Å². The third kappa shape index (κ3) is 3.69. The van der Waals surface area contributed by atoms with Crippen molar-refractivity contribution in [2.45, 2.75) is 44.8 Å². The first kappa shape index (κ1) is 18.0. The molecule has 7 heteroatoms. The highest BCUT2D eigenvalue weighted by Crippen LogP contribution is 2.27. The SMILES string of the molecule is COc1ccc2nc(N3CCC[C@@H]3C(=O)NC[C@@H]3CCCO3)nc(C)c2c1. The molecular weight excluding hydrogens is 344 g/mol. The number of amides is 1. The number of aryl methyl sites for hydroxylation is 1. The molecule has 1 aromatic carbocycles. The molecule has 2 saturated heterocycles. The van der Waals surface area contributed by atoms with Gasteiger partial charge in [-0.25, -0.2) is 9.97 Å². The zero-order chi connectivity index (χ0) is 18.8. The molecule has 2 aliphatic heterocycles. The van der Waals surface area contributed by atoms with Gasteiger partial charge in [0.1, 0.15) is 11.8 Å². The second-order valence-corrected chi connectivity index (χ2v) is 7.22. The summed E-state index contributed by atoms with van der Waals surface area (Å²) in [4.78, 5) is 24.2. The number of rotatable bonds is 5. The molecule has 2 aliphatic rings. The first-order valence-electron chi connectivity index (χ1n) is 9.64. The number of carbonyl (C=O) groups is 1. The monoisotopic (exact) mass is 370 g/mol. The largest absolute Gasteiger partial charge is 0.497 e. The number of hydrogen-bond acceptors (Lipinski definition) is 6. The van der Waals surface area contributed by atoms with Gasteiger partial charge in [0.15, 0.2) is 0 Å². The van der Waals surface area contributed by atoms with Crippen molar-refractivity contribution in [2.24, 2.45) is 0 Å². The predicted octanol–water partition coefficient (Wildman–Crippen LogP) is 2.21. The Balaban J connectivity index is 1.53. The van der Waals surface area contributed by atoms with E-state index in [4.69, 9.17) is 14.5 Å². The lowest BCUT2D eigenvalue weighted by Crippen LogP contribution is -2.46. The van der Waals surface area contributed by atoms with Crippen molar-refractivity contribution in [2.75, 3.05) is 31.7 Å². The quantitative estimate of drug-likeness (QED) is 0.870. The van der Waals surface area contributed by atoms with Gasteiger partial charge in [-0.15, -0.1) is 0 Å². The van der Waals surface area contributed by atoms with Gasteiger partial charge in [0.2, 0.25) is 11.9 Å². The molecule has 1 aromatic heterocycles. The summed E-state index contributed by atoms with van der Waals surface area (Å²) < 4.78 is 10.9. The Morgan fingerprint density at radius 3 is 3.00 bits per heavy atom. The number of methoxy groups -OCH3 is 1. The molecule has 2 fully saturated rings. The topological polar surface area (TPSA) is 76.6 Å². The number of nitrogens with zero attached hydrogens (tertiary/aromatic N) is 3. The summed E-state index contributed by atoms with van der Waals surface area (Å²) in [5.41, 5.74) is 1.75. The highest BCUT2D eigenvalue weighted by molar-refractivity contribution is 5.87. The van der Waals surface area contributed by atoms with Gasteiger partial charge in [-0.3, -0.25) is 4.79 Å². The molecule has 1 N–H and O–H groups in total. The lowest BCUT2D eigenvalue weighted by molar-refractivity contribution is -0.122. The lowest BCUT2D eigenvalue weighted by Gasteiger charge is -2.25.